The summed E-state index contributed by atoms with van der Waals surface area (Å²) < 4.78 is 0. The Morgan fingerprint density at radius 2 is 2.29 bits per heavy atom. The molecular weight excluding hydrogens is 286 g/mol. The first-order valence-electron chi connectivity index (χ1n) is 7.16. The Bertz CT molecular complexity index is 591. The molecule has 2 heterocycles. The van der Waals surface area contributed by atoms with Crippen LogP contribution in [0, 0.1) is 6.92 Å². The van der Waals surface area contributed by atoms with E-state index in [4.69, 9.17) is 5.11 Å². The van der Waals surface area contributed by atoms with Gasteiger partial charge in [-0.25, -0.2) is 4.98 Å². The monoisotopic (exact) mass is 307 g/mol. The third-order valence-corrected chi connectivity index (χ3v) is 3.97. The van der Waals surface area contributed by atoms with E-state index in [1.165, 1.54) is 0 Å². The Hall–Kier alpha value is -1.66. The third-order valence-electron chi connectivity index (χ3n) is 3.20. The van der Waals surface area contributed by atoms with E-state index >= 15 is 0 Å². The van der Waals surface area contributed by atoms with Crippen LogP contribution in [0.4, 0.5) is 0 Å². The molecule has 6 heteroatoms. The van der Waals surface area contributed by atoms with Gasteiger partial charge in [0.25, 0.3) is 5.91 Å². The van der Waals surface area contributed by atoms with Crippen LogP contribution in [0.3, 0.4) is 0 Å². The van der Waals surface area contributed by atoms with Gasteiger partial charge in [-0.15, -0.1) is 11.3 Å². The fourth-order valence-electron chi connectivity index (χ4n) is 2.18. The Labute approximate surface area is 128 Å². The van der Waals surface area contributed by atoms with Crippen molar-refractivity contribution in [2.75, 3.05) is 19.7 Å². The zero-order valence-electron chi connectivity index (χ0n) is 12.4. The smallest absolute Gasteiger partial charge is 0.270 e. The molecule has 0 aliphatic rings. The molecule has 0 atom stereocenters. The van der Waals surface area contributed by atoms with Crippen molar-refractivity contribution < 1.29 is 9.90 Å². The highest BCUT2D eigenvalue weighted by molar-refractivity contribution is 7.09. The van der Waals surface area contributed by atoms with Gasteiger partial charge < -0.3 is 15.0 Å². The molecule has 2 N–H and O–H groups in total. The first-order valence-corrected chi connectivity index (χ1v) is 8.04. The molecule has 0 saturated heterocycles. The maximum absolute atomic E-state index is 12.5. The average molecular weight is 307 g/mol. The number of amides is 1. The maximum atomic E-state index is 12.5. The van der Waals surface area contributed by atoms with Crippen molar-refractivity contribution in [1.82, 2.24) is 14.9 Å². The number of aromatic nitrogens is 2. The maximum Gasteiger partial charge on any atom is 0.270 e. The molecule has 21 heavy (non-hydrogen) atoms. The number of aromatic amines is 1. The zero-order chi connectivity index (χ0) is 15.2. The summed E-state index contributed by atoms with van der Waals surface area (Å²) in [6, 6.07) is 1.85. The van der Waals surface area contributed by atoms with Crippen LogP contribution in [0.5, 0.6) is 0 Å². The quantitative estimate of drug-likeness (QED) is 0.826. The number of carbonyl (C=O) groups is 1. The Morgan fingerprint density at radius 1 is 1.48 bits per heavy atom. The van der Waals surface area contributed by atoms with Crippen molar-refractivity contribution in [1.29, 1.82) is 0 Å². The molecule has 0 spiro atoms. The van der Waals surface area contributed by atoms with Crippen LogP contribution in [0.15, 0.2) is 17.6 Å². The first-order chi connectivity index (χ1) is 10.2. The molecule has 5 nitrogen and oxygen atoms in total. The molecule has 0 fully saturated rings. The Kier molecular flexibility index (Phi) is 5.52. The number of H-pyrrole nitrogens is 1. The lowest BCUT2D eigenvalue weighted by Crippen LogP contribution is -2.33. The van der Waals surface area contributed by atoms with Gasteiger partial charge in [0.15, 0.2) is 0 Å². The van der Waals surface area contributed by atoms with Gasteiger partial charge in [0.2, 0.25) is 0 Å². The van der Waals surface area contributed by atoms with Crippen molar-refractivity contribution >= 4 is 17.2 Å². The number of aryl methyl sites for hydroxylation is 1. The number of aliphatic hydroxyl groups is 1. The third kappa shape index (κ3) is 3.92. The molecule has 0 unspecified atom stereocenters. The molecule has 0 aromatic carbocycles. The lowest BCUT2D eigenvalue weighted by molar-refractivity contribution is 0.0740. The van der Waals surface area contributed by atoms with E-state index in [0.717, 1.165) is 22.7 Å². The molecular formula is C15H21N3O2S. The summed E-state index contributed by atoms with van der Waals surface area (Å²) in [7, 11) is 0. The van der Waals surface area contributed by atoms with Gasteiger partial charge in [-0.3, -0.25) is 4.79 Å². The Balaban J connectivity index is 2.13. The summed E-state index contributed by atoms with van der Waals surface area (Å²) in [6.45, 7) is 5.38. The summed E-state index contributed by atoms with van der Waals surface area (Å²) in [4.78, 5) is 21.7. The zero-order valence-corrected chi connectivity index (χ0v) is 13.2. The number of rotatable bonds is 7. The molecule has 2 aromatic heterocycles. The molecule has 0 bridgehead atoms. The lowest BCUT2D eigenvalue weighted by atomic mass is 10.2. The van der Waals surface area contributed by atoms with Gasteiger partial charge in [0, 0.05) is 36.8 Å². The number of nitrogens with zero attached hydrogens (tertiary/aromatic N) is 2. The van der Waals surface area contributed by atoms with Gasteiger partial charge in [-0.2, -0.15) is 0 Å². The largest absolute Gasteiger partial charge is 0.396 e. The second-order valence-electron chi connectivity index (χ2n) is 4.92. The van der Waals surface area contributed by atoms with Crippen molar-refractivity contribution in [3.8, 4) is 11.3 Å². The minimum Gasteiger partial charge on any atom is -0.396 e. The van der Waals surface area contributed by atoms with Crippen molar-refractivity contribution in [2.45, 2.75) is 26.7 Å². The van der Waals surface area contributed by atoms with Crippen molar-refractivity contribution in [3.63, 3.8) is 0 Å². The van der Waals surface area contributed by atoms with Gasteiger partial charge in [-0.1, -0.05) is 6.92 Å². The van der Waals surface area contributed by atoms with Crippen LogP contribution >= 0.6 is 11.3 Å². The molecule has 0 aliphatic carbocycles. The van der Waals surface area contributed by atoms with E-state index in [1.807, 2.05) is 31.5 Å². The van der Waals surface area contributed by atoms with Crippen molar-refractivity contribution in [3.05, 3.63) is 28.3 Å². The average Bonchev–Trinajstić information content (AvgIpc) is 3.11. The normalized spacial score (nSPS) is 10.8. The minimum absolute atomic E-state index is 0.0245. The van der Waals surface area contributed by atoms with Crippen molar-refractivity contribution in [2.24, 2.45) is 0 Å². The minimum atomic E-state index is -0.0245. The molecule has 0 aliphatic heterocycles. The van der Waals surface area contributed by atoms with Gasteiger partial charge >= 0.3 is 0 Å². The fraction of sp³-hybridized carbons (Fsp3) is 0.467. The molecule has 0 saturated carbocycles. The van der Waals surface area contributed by atoms with E-state index in [2.05, 4.69) is 9.97 Å². The second kappa shape index (κ2) is 7.38. The van der Waals surface area contributed by atoms with Crippen LogP contribution in [-0.2, 0) is 0 Å². The van der Waals surface area contributed by atoms with Crippen LogP contribution in [0.25, 0.3) is 11.3 Å². The molecule has 2 rings (SSSR count). The Morgan fingerprint density at radius 3 is 2.90 bits per heavy atom. The van der Waals surface area contributed by atoms with Crippen LogP contribution < -0.4 is 0 Å². The number of thiazole rings is 1. The fourth-order valence-corrected chi connectivity index (χ4v) is 2.80. The molecule has 114 valence electrons. The number of nitrogens with one attached hydrogen (secondary N) is 1. The van der Waals surface area contributed by atoms with Gasteiger partial charge in [-0.05, 0) is 25.8 Å². The highest BCUT2D eigenvalue weighted by atomic mass is 32.1. The SMILES string of the molecule is CCCN(CCCO)C(=O)c1cc(-c2csc(C)n2)c[nH]1. The molecule has 2 aromatic rings. The predicted octanol–water partition coefficient (Wildman–Crippen LogP) is 2.68. The van der Waals surface area contributed by atoms with Crippen LogP contribution in [0.1, 0.15) is 35.3 Å². The van der Waals surface area contributed by atoms with Gasteiger partial charge in [0.05, 0.1) is 10.7 Å². The summed E-state index contributed by atoms with van der Waals surface area (Å²) in [6.07, 6.45) is 3.32. The summed E-state index contributed by atoms with van der Waals surface area (Å²) in [5.74, 6) is -0.0245. The lowest BCUT2D eigenvalue weighted by Gasteiger charge is -2.20. The van der Waals surface area contributed by atoms with E-state index in [-0.39, 0.29) is 12.5 Å². The number of aliphatic hydroxyl groups excluding tert-OH is 1. The van der Waals surface area contributed by atoms with E-state index in [9.17, 15) is 4.79 Å². The predicted molar refractivity (Wildman–Crippen MR) is 84.5 cm³/mol. The number of carbonyl (C=O) groups excluding carboxylic acids is 1. The van der Waals surface area contributed by atoms with Gasteiger partial charge in [0.1, 0.15) is 5.69 Å². The molecule has 1 amide bonds. The summed E-state index contributed by atoms with van der Waals surface area (Å²) >= 11 is 1.59. The first kappa shape index (κ1) is 15.7. The summed E-state index contributed by atoms with van der Waals surface area (Å²) in [5.41, 5.74) is 2.40. The standard InChI is InChI=1S/C15H21N3O2S/c1-3-5-18(6-4-7-19)15(20)13-8-12(9-16-13)14-10-21-11(2)17-14/h8-10,16,19H,3-7H2,1-2H3. The van der Waals surface area contributed by atoms with Crippen LogP contribution in [-0.4, -0.2) is 45.6 Å². The number of hydrogen-bond acceptors (Lipinski definition) is 4. The van der Waals surface area contributed by atoms with E-state index in [1.54, 1.807) is 16.2 Å². The van der Waals surface area contributed by atoms with E-state index < -0.39 is 0 Å². The number of hydrogen-bond donors (Lipinski definition) is 2. The second-order valence-corrected chi connectivity index (χ2v) is 5.99. The topological polar surface area (TPSA) is 69.2 Å². The van der Waals surface area contributed by atoms with Crippen LogP contribution in [0.2, 0.25) is 0 Å². The van der Waals surface area contributed by atoms with E-state index in [0.29, 0.717) is 25.2 Å². The summed E-state index contributed by atoms with van der Waals surface area (Å²) in [5, 5.41) is 11.9. The highest BCUT2D eigenvalue weighted by Gasteiger charge is 2.17. The molecule has 0 radical (unpaired) electrons. The highest BCUT2D eigenvalue weighted by Crippen LogP contribution is 2.22.